The molecule has 0 aromatic rings. The number of carbonyl (C=O) groups excluding carboxylic acids is 1. The van der Waals surface area contributed by atoms with E-state index < -0.39 is 0 Å². The molecule has 94 valence electrons. The normalized spacial score (nSPS) is 20.3. The Balaban J connectivity index is 2.05. The average Bonchev–Trinajstić information content (AvgIpc) is 2.80. The molecule has 1 unspecified atom stereocenters. The van der Waals surface area contributed by atoms with Gasteiger partial charge in [-0.05, 0) is 25.9 Å². The van der Waals surface area contributed by atoms with Crippen molar-refractivity contribution in [3.8, 4) is 0 Å². The first-order valence-corrected chi connectivity index (χ1v) is 6.25. The summed E-state index contributed by atoms with van der Waals surface area (Å²) < 4.78 is 10.6. The molecule has 16 heavy (non-hydrogen) atoms. The maximum absolute atomic E-state index is 11.4. The van der Waals surface area contributed by atoms with Gasteiger partial charge in [-0.3, -0.25) is 4.79 Å². The largest absolute Gasteiger partial charge is 0.463 e. The van der Waals surface area contributed by atoms with E-state index in [9.17, 15) is 4.79 Å². The van der Waals surface area contributed by atoms with E-state index in [2.05, 4.69) is 18.7 Å². The lowest BCUT2D eigenvalue weighted by molar-refractivity contribution is -0.147. The van der Waals surface area contributed by atoms with Gasteiger partial charge in [0.25, 0.3) is 0 Å². The van der Waals surface area contributed by atoms with E-state index >= 15 is 0 Å². The number of rotatable bonds is 7. The molecule has 0 bridgehead atoms. The van der Waals surface area contributed by atoms with Gasteiger partial charge in [0.1, 0.15) is 6.61 Å². The number of nitrogens with zero attached hydrogens (tertiary/aromatic N) is 1. The molecule has 1 saturated heterocycles. The maximum Gasteiger partial charge on any atom is 0.307 e. The van der Waals surface area contributed by atoms with Gasteiger partial charge >= 0.3 is 5.97 Å². The van der Waals surface area contributed by atoms with Crippen molar-refractivity contribution in [3.63, 3.8) is 0 Å². The fourth-order valence-corrected chi connectivity index (χ4v) is 1.82. The van der Waals surface area contributed by atoms with E-state index in [1.54, 1.807) is 0 Å². The zero-order valence-corrected chi connectivity index (χ0v) is 10.4. The first kappa shape index (κ1) is 13.5. The summed E-state index contributed by atoms with van der Waals surface area (Å²) >= 11 is 0. The molecule has 0 amide bonds. The summed E-state index contributed by atoms with van der Waals surface area (Å²) in [6.45, 7) is 8.18. The molecule has 1 fully saturated rings. The van der Waals surface area contributed by atoms with Crippen molar-refractivity contribution in [2.24, 2.45) is 0 Å². The lowest BCUT2D eigenvalue weighted by atomic mass is 10.2. The molecule has 0 spiro atoms. The first-order chi connectivity index (χ1) is 7.76. The molecule has 1 aliphatic heterocycles. The van der Waals surface area contributed by atoms with Crippen LogP contribution in [0.4, 0.5) is 0 Å². The monoisotopic (exact) mass is 229 g/mol. The summed E-state index contributed by atoms with van der Waals surface area (Å²) in [5.41, 5.74) is 0. The number of carbonyl (C=O) groups is 1. The lowest BCUT2D eigenvalue weighted by Crippen LogP contribution is -2.27. The van der Waals surface area contributed by atoms with Crippen LogP contribution < -0.4 is 0 Å². The van der Waals surface area contributed by atoms with E-state index in [-0.39, 0.29) is 12.1 Å². The summed E-state index contributed by atoms with van der Waals surface area (Å²) in [5.74, 6) is -0.109. The van der Waals surface area contributed by atoms with Crippen LogP contribution >= 0.6 is 0 Å². The van der Waals surface area contributed by atoms with Crippen LogP contribution in [-0.2, 0) is 14.3 Å². The minimum absolute atomic E-state index is 0.109. The van der Waals surface area contributed by atoms with Gasteiger partial charge in [0, 0.05) is 13.2 Å². The van der Waals surface area contributed by atoms with Crippen molar-refractivity contribution < 1.29 is 14.3 Å². The minimum Gasteiger partial charge on any atom is -0.463 e. The number of ether oxygens (including phenoxy) is 2. The van der Waals surface area contributed by atoms with Crippen molar-refractivity contribution in [2.45, 2.75) is 39.2 Å². The van der Waals surface area contributed by atoms with Crippen molar-refractivity contribution in [1.82, 2.24) is 4.90 Å². The Morgan fingerprint density at radius 2 is 2.19 bits per heavy atom. The van der Waals surface area contributed by atoms with Crippen LogP contribution in [0.5, 0.6) is 0 Å². The Morgan fingerprint density at radius 3 is 2.75 bits per heavy atom. The quantitative estimate of drug-likeness (QED) is 0.619. The van der Waals surface area contributed by atoms with Crippen molar-refractivity contribution >= 4 is 5.97 Å². The van der Waals surface area contributed by atoms with E-state index in [0.29, 0.717) is 13.0 Å². The van der Waals surface area contributed by atoms with Crippen LogP contribution in [0.3, 0.4) is 0 Å². The summed E-state index contributed by atoms with van der Waals surface area (Å²) in [7, 11) is 0. The standard InChI is InChI=1S/C12H23NO3/c1-3-13(4-2)8-7-12(14)16-10-11-6-5-9-15-11/h11H,3-10H2,1-2H3. The molecule has 1 aliphatic rings. The van der Waals surface area contributed by atoms with E-state index in [1.807, 2.05) is 0 Å². The fourth-order valence-electron chi connectivity index (χ4n) is 1.82. The Labute approximate surface area is 97.9 Å². The second-order valence-electron chi connectivity index (χ2n) is 4.09. The Hall–Kier alpha value is -0.610. The molecule has 0 N–H and O–H groups in total. The maximum atomic E-state index is 11.4. The second kappa shape index (κ2) is 7.63. The molecule has 1 atom stereocenters. The Morgan fingerprint density at radius 1 is 1.44 bits per heavy atom. The summed E-state index contributed by atoms with van der Waals surface area (Å²) in [5, 5.41) is 0. The van der Waals surface area contributed by atoms with Crippen LogP contribution in [-0.4, -0.2) is 49.8 Å². The third-order valence-corrected chi connectivity index (χ3v) is 2.98. The minimum atomic E-state index is -0.109. The van der Waals surface area contributed by atoms with Crippen molar-refractivity contribution in [3.05, 3.63) is 0 Å². The molecule has 1 rings (SSSR count). The average molecular weight is 229 g/mol. The van der Waals surface area contributed by atoms with E-state index in [1.165, 1.54) is 0 Å². The van der Waals surface area contributed by atoms with Crippen LogP contribution in [0.1, 0.15) is 33.1 Å². The van der Waals surface area contributed by atoms with Crippen LogP contribution in [0.25, 0.3) is 0 Å². The predicted octanol–water partition coefficient (Wildman–Crippen LogP) is 1.44. The first-order valence-electron chi connectivity index (χ1n) is 6.25. The van der Waals surface area contributed by atoms with Crippen molar-refractivity contribution in [2.75, 3.05) is 32.8 Å². The molecular formula is C12H23NO3. The van der Waals surface area contributed by atoms with Gasteiger partial charge in [-0.15, -0.1) is 0 Å². The number of esters is 1. The summed E-state index contributed by atoms with van der Waals surface area (Å²) in [6.07, 6.45) is 2.72. The summed E-state index contributed by atoms with van der Waals surface area (Å²) in [4.78, 5) is 13.6. The van der Waals surface area contributed by atoms with Gasteiger partial charge in [-0.2, -0.15) is 0 Å². The number of hydrogen-bond acceptors (Lipinski definition) is 4. The predicted molar refractivity (Wildman–Crippen MR) is 62.3 cm³/mol. The van der Waals surface area contributed by atoms with Crippen molar-refractivity contribution in [1.29, 1.82) is 0 Å². The molecule has 4 heteroatoms. The van der Waals surface area contributed by atoms with E-state index in [0.717, 1.165) is 39.1 Å². The fraction of sp³-hybridized carbons (Fsp3) is 0.917. The van der Waals surface area contributed by atoms with Crippen LogP contribution in [0.2, 0.25) is 0 Å². The highest BCUT2D eigenvalue weighted by Gasteiger charge is 2.17. The summed E-state index contributed by atoms with van der Waals surface area (Å²) in [6, 6.07) is 0. The Bertz CT molecular complexity index is 190. The highest BCUT2D eigenvalue weighted by Crippen LogP contribution is 2.12. The zero-order valence-electron chi connectivity index (χ0n) is 10.4. The molecular weight excluding hydrogens is 206 g/mol. The topological polar surface area (TPSA) is 38.8 Å². The highest BCUT2D eigenvalue weighted by atomic mass is 16.6. The van der Waals surface area contributed by atoms with Crippen LogP contribution in [0, 0.1) is 0 Å². The van der Waals surface area contributed by atoms with Gasteiger partial charge < -0.3 is 14.4 Å². The molecule has 0 radical (unpaired) electrons. The molecule has 4 nitrogen and oxygen atoms in total. The third-order valence-electron chi connectivity index (χ3n) is 2.98. The van der Waals surface area contributed by atoms with Gasteiger partial charge in [-0.1, -0.05) is 13.8 Å². The lowest BCUT2D eigenvalue weighted by Gasteiger charge is -2.17. The van der Waals surface area contributed by atoms with Gasteiger partial charge in [0.05, 0.1) is 12.5 Å². The number of hydrogen-bond donors (Lipinski definition) is 0. The molecule has 0 aromatic carbocycles. The Kier molecular flexibility index (Phi) is 6.42. The highest BCUT2D eigenvalue weighted by molar-refractivity contribution is 5.69. The van der Waals surface area contributed by atoms with Gasteiger partial charge in [0.2, 0.25) is 0 Å². The van der Waals surface area contributed by atoms with Gasteiger partial charge in [-0.25, -0.2) is 0 Å². The molecule has 1 heterocycles. The SMILES string of the molecule is CCN(CC)CCC(=O)OCC1CCCO1. The van der Waals surface area contributed by atoms with E-state index in [4.69, 9.17) is 9.47 Å². The zero-order chi connectivity index (χ0) is 11.8. The molecule has 0 aliphatic carbocycles. The smallest absolute Gasteiger partial charge is 0.307 e. The third kappa shape index (κ3) is 4.94. The molecule has 0 aromatic heterocycles. The second-order valence-corrected chi connectivity index (χ2v) is 4.09. The van der Waals surface area contributed by atoms with Crippen LogP contribution in [0.15, 0.2) is 0 Å². The van der Waals surface area contributed by atoms with Gasteiger partial charge in [0.15, 0.2) is 0 Å². The molecule has 0 saturated carbocycles.